The highest BCUT2D eigenvalue weighted by atomic mass is 32.2. The zero-order valence-electron chi connectivity index (χ0n) is 10.3. The van der Waals surface area contributed by atoms with Crippen molar-refractivity contribution in [1.29, 1.82) is 0 Å². The third-order valence-electron chi connectivity index (χ3n) is 2.50. The SMILES string of the molecule is CNS(=O)(=O)c1ccc(SCc2ccco2)cc1N. The maximum Gasteiger partial charge on any atom is 0.242 e. The molecule has 0 atom stereocenters. The molecule has 102 valence electrons. The van der Waals surface area contributed by atoms with Crippen LogP contribution in [0, 0.1) is 0 Å². The zero-order chi connectivity index (χ0) is 13.9. The molecule has 0 amide bonds. The first-order chi connectivity index (χ1) is 9.03. The van der Waals surface area contributed by atoms with Crippen LogP contribution in [0.25, 0.3) is 0 Å². The van der Waals surface area contributed by atoms with Gasteiger partial charge in [0.05, 0.1) is 17.7 Å². The summed E-state index contributed by atoms with van der Waals surface area (Å²) in [4.78, 5) is 0.987. The Morgan fingerprint density at radius 2 is 2.16 bits per heavy atom. The van der Waals surface area contributed by atoms with Gasteiger partial charge in [-0.05, 0) is 37.4 Å². The number of rotatable bonds is 5. The van der Waals surface area contributed by atoms with Crippen LogP contribution in [-0.2, 0) is 15.8 Å². The van der Waals surface area contributed by atoms with Crippen molar-refractivity contribution in [2.45, 2.75) is 15.5 Å². The van der Waals surface area contributed by atoms with E-state index in [1.54, 1.807) is 18.4 Å². The summed E-state index contributed by atoms with van der Waals surface area (Å²) in [6, 6.07) is 8.60. The normalized spacial score (nSPS) is 11.6. The minimum absolute atomic E-state index is 0.0948. The highest BCUT2D eigenvalue weighted by molar-refractivity contribution is 7.98. The quantitative estimate of drug-likeness (QED) is 0.652. The molecule has 5 nitrogen and oxygen atoms in total. The number of sulfonamides is 1. The molecule has 2 aromatic rings. The van der Waals surface area contributed by atoms with Gasteiger partial charge in [-0.3, -0.25) is 0 Å². The monoisotopic (exact) mass is 298 g/mol. The molecule has 19 heavy (non-hydrogen) atoms. The number of thioether (sulfide) groups is 1. The summed E-state index contributed by atoms with van der Waals surface area (Å²) in [6.07, 6.45) is 1.62. The molecule has 0 fully saturated rings. The molecule has 1 heterocycles. The number of hydrogen-bond acceptors (Lipinski definition) is 5. The molecular weight excluding hydrogens is 284 g/mol. The highest BCUT2D eigenvalue weighted by Gasteiger charge is 2.15. The van der Waals surface area contributed by atoms with Gasteiger partial charge in [0.15, 0.2) is 0 Å². The van der Waals surface area contributed by atoms with Crippen molar-refractivity contribution < 1.29 is 12.8 Å². The van der Waals surface area contributed by atoms with E-state index in [1.165, 1.54) is 24.9 Å². The summed E-state index contributed by atoms with van der Waals surface area (Å²) in [7, 11) is -2.15. The first-order valence-corrected chi connectivity index (χ1v) is 7.98. The van der Waals surface area contributed by atoms with Gasteiger partial charge in [-0.25, -0.2) is 13.1 Å². The van der Waals surface area contributed by atoms with E-state index in [1.807, 2.05) is 12.1 Å². The number of nitrogens with one attached hydrogen (secondary N) is 1. The van der Waals surface area contributed by atoms with E-state index in [-0.39, 0.29) is 10.6 Å². The Bertz CT molecular complexity index is 652. The summed E-state index contributed by atoms with van der Waals surface area (Å²) in [5.41, 5.74) is 6.01. The lowest BCUT2D eigenvalue weighted by atomic mass is 10.3. The molecule has 0 bridgehead atoms. The standard InChI is InChI=1S/C12H14N2O3S2/c1-14-19(15,16)12-5-4-10(7-11(12)13)18-8-9-3-2-6-17-9/h2-7,14H,8,13H2,1H3. The summed E-state index contributed by atoms with van der Waals surface area (Å²) in [6.45, 7) is 0. The number of hydrogen-bond donors (Lipinski definition) is 2. The van der Waals surface area contributed by atoms with Gasteiger partial charge in [-0.1, -0.05) is 0 Å². The van der Waals surface area contributed by atoms with Gasteiger partial charge in [0.1, 0.15) is 10.7 Å². The summed E-state index contributed by atoms with van der Waals surface area (Å²) in [5.74, 6) is 1.53. The highest BCUT2D eigenvalue weighted by Crippen LogP contribution is 2.28. The molecule has 0 aliphatic rings. The Kier molecular flexibility index (Phi) is 4.18. The van der Waals surface area contributed by atoms with Crippen LogP contribution in [0.2, 0.25) is 0 Å². The van der Waals surface area contributed by atoms with E-state index < -0.39 is 10.0 Å². The molecule has 1 aromatic heterocycles. The molecule has 3 N–H and O–H groups in total. The first kappa shape index (κ1) is 14.0. The molecule has 0 spiro atoms. The lowest BCUT2D eigenvalue weighted by Gasteiger charge is -2.08. The van der Waals surface area contributed by atoms with Crippen LogP contribution in [0.1, 0.15) is 5.76 Å². The minimum Gasteiger partial charge on any atom is -0.468 e. The molecule has 0 unspecified atom stereocenters. The van der Waals surface area contributed by atoms with E-state index in [4.69, 9.17) is 10.2 Å². The number of anilines is 1. The van der Waals surface area contributed by atoms with E-state index in [9.17, 15) is 8.42 Å². The van der Waals surface area contributed by atoms with Crippen LogP contribution in [0.5, 0.6) is 0 Å². The van der Waals surface area contributed by atoms with Crippen LogP contribution in [0.4, 0.5) is 5.69 Å². The summed E-state index contributed by atoms with van der Waals surface area (Å²) in [5, 5.41) is 0. The van der Waals surface area contributed by atoms with Gasteiger partial charge in [-0.15, -0.1) is 11.8 Å². The third-order valence-corrected chi connectivity index (χ3v) is 5.01. The van der Waals surface area contributed by atoms with Crippen molar-refractivity contribution in [2.75, 3.05) is 12.8 Å². The van der Waals surface area contributed by atoms with Gasteiger partial charge in [-0.2, -0.15) is 0 Å². The molecule has 0 saturated carbocycles. The molecule has 0 aliphatic heterocycles. The maximum atomic E-state index is 11.7. The molecule has 0 aliphatic carbocycles. The topological polar surface area (TPSA) is 85.3 Å². The van der Waals surface area contributed by atoms with E-state index >= 15 is 0 Å². The molecule has 2 rings (SSSR count). The van der Waals surface area contributed by atoms with Gasteiger partial charge in [0, 0.05) is 4.90 Å². The second kappa shape index (κ2) is 5.68. The fourth-order valence-corrected chi connectivity index (χ4v) is 3.20. The molecule has 1 aromatic carbocycles. The lowest BCUT2D eigenvalue weighted by Crippen LogP contribution is -2.19. The van der Waals surface area contributed by atoms with E-state index in [2.05, 4.69) is 4.72 Å². The average molecular weight is 298 g/mol. The summed E-state index contributed by atoms with van der Waals surface area (Å²) >= 11 is 1.53. The molecule has 0 radical (unpaired) electrons. The van der Waals surface area contributed by atoms with Gasteiger partial charge in [0.25, 0.3) is 0 Å². The maximum absolute atomic E-state index is 11.7. The van der Waals surface area contributed by atoms with Gasteiger partial charge < -0.3 is 10.2 Å². The average Bonchev–Trinajstić information content (AvgIpc) is 2.89. The third kappa shape index (κ3) is 3.31. The van der Waals surface area contributed by atoms with Crippen LogP contribution in [0.15, 0.2) is 50.8 Å². The Hall–Kier alpha value is -1.44. The van der Waals surface area contributed by atoms with Gasteiger partial charge >= 0.3 is 0 Å². The minimum atomic E-state index is -3.51. The Morgan fingerprint density at radius 3 is 2.74 bits per heavy atom. The smallest absolute Gasteiger partial charge is 0.242 e. The van der Waals surface area contributed by atoms with Crippen molar-refractivity contribution in [2.24, 2.45) is 0 Å². The van der Waals surface area contributed by atoms with Gasteiger partial charge in [0.2, 0.25) is 10.0 Å². The van der Waals surface area contributed by atoms with Crippen molar-refractivity contribution in [1.82, 2.24) is 4.72 Å². The molecule has 7 heteroatoms. The Labute approximate surface area is 116 Å². The second-order valence-corrected chi connectivity index (χ2v) is 6.68. The molecule has 0 saturated heterocycles. The number of nitrogens with two attached hydrogens (primary N) is 1. The Morgan fingerprint density at radius 1 is 1.37 bits per heavy atom. The fraction of sp³-hybridized carbons (Fsp3) is 0.167. The van der Waals surface area contributed by atoms with E-state index in [0.29, 0.717) is 5.75 Å². The second-order valence-electron chi connectivity index (χ2n) is 3.78. The lowest BCUT2D eigenvalue weighted by molar-refractivity contribution is 0.530. The predicted molar refractivity (Wildman–Crippen MR) is 75.4 cm³/mol. The number of furan rings is 1. The largest absolute Gasteiger partial charge is 0.468 e. The van der Waals surface area contributed by atoms with E-state index in [0.717, 1.165) is 10.7 Å². The molecular formula is C12H14N2O3S2. The van der Waals surface area contributed by atoms with Crippen molar-refractivity contribution in [3.05, 3.63) is 42.4 Å². The zero-order valence-corrected chi connectivity index (χ0v) is 11.9. The number of benzene rings is 1. The fourth-order valence-electron chi connectivity index (χ4n) is 1.52. The Balaban J connectivity index is 2.15. The number of nitrogen functional groups attached to an aromatic ring is 1. The first-order valence-electron chi connectivity index (χ1n) is 5.51. The van der Waals surface area contributed by atoms with Crippen LogP contribution >= 0.6 is 11.8 Å². The van der Waals surface area contributed by atoms with Crippen molar-refractivity contribution >= 4 is 27.5 Å². The van der Waals surface area contributed by atoms with Crippen LogP contribution in [-0.4, -0.2) is 15.5 Å². The van der Waals surface area contributed by atoms with Crippen LogP contribution < -0.4 is 10.5 Å². The predicted octanol–water partition coefficient (Wildman–Crippen LogP) is 2.06. The van der Waals surface area contributed by atoms with Crippen molar-refractivity contribution in [3.8, 4) is 0 Å². The summed E-state index contributed by atoms with van der Waals surface area (Å²) < 4.78 is 30.8. The van der Waals surface area contributed by atoms with Crippen LogP contribution in [0.3, 0.4) is 0 Å². The van der Waals surface area contributed by atoms with Crippen molar-refractivity contribution in [3.63, 3.8) is 0 Å².